The van der Waals surface area contributed by atoms with Crippen molar-refractivity contribution < 1.29 is 4.79 Å². The van der Waals surface area contributed by atoms with Crippen molar-refractivity contribution in [1.82, 2.24) is 15.3 Å². The molecule has 1 aliphatic rings. The van der Waals surface area contributed by atoms with E-state index in [4.69, 9.17) is 11.6 Å². The van der Waals surface area contributed by atoms with E-state index in [0.29, 0.717) is 6.04 Å². The number of aromatic nitrogens is 2. The first-order chi connectivity index (χ1) is 8.08. The lowest BCUT2D eigenvalue weighted by molar-refractivity contribution is -0.121. The second-order valence-electron chi connectivity index (χ2n) is 4.04. The summed E-state index contributed by atoms with van der Waals surface area (Å²) in [5.74, 6) is 0.0968. The summed E-state index contributed by atoms with van der Waals surface area (Å²) in [6.45, 7) is 1.69. The van der Waals surface area contributed by atoms with E-state index in [1.54, 1.807) is 6.92 Å². The Balaban J connectivity index is 2.01. The molecule has 3 N–H and O–H groups in total. The van der Waals surface area contributed by atoms with Gasteiger partial charge in [0, 0.05) is 6.04 Å². The van der Waals surface area contributed by atoms with Crippen LogP contribution in [-0.2, 0) is 4.79 Å². The topological polar surface area (TPSA) is 86.9 Å². The van der Waals surface area contributed by atoms with Gasteiger partial charge in [0.05, 0.1) is 6.33 Å². The highest BCUT2D eigenvalue weighted by atomic mass is 35.5. The number of hydrogen-bond acceptors (Lipinski definition) is 4. The third-order valence-corrected chi connectivity index (χ3v) is 2.82. The zero-order valence-corrected chi connectivity index (χ0v) is 10.0. The molecule has 0 saturated heterocycles. The molecule has 1 amide bonds. The van der Waals surface area contributed by atoms with Crippen LogP contribution in [0.4, 0.5) is 5.82 Å². The number of halogens is 1. The number of rotatable bonds is 4. The first kappa shape index (κ1) is 11.9. The summed E-state index contributed by atoms with van der Waals surface area (Å²) in [5.41, 5.74) is -0.432. The van der Waals surface area contributed by atoms with E-state index in [1.807, 2.05) is 0 Å². The smallest absolute Gasteiger partial charge is 0.271 e. The quantitative estimate of drug-likeness (QED) is 0.732. The van der Waals surface area contributed by atoms with Crippen LogP contribution in [0.1, 0.15) is 19.8 Å². The molecule has 0 aromatic carbocycles. The van der Waals surface area contributed by atoms with Gasteiger partial charge < -0.3 is 15.6 Å². The minimum absolute atomic E-state index is 0.0430. The molecule has 1 saturated carbocycles. The molecule has 6 nitrogen and oxygen atoms in total. The van der Waals surface area contributed by atoms with Gasteiger partial charge in [0.15, 0.2) is 5.82 Å². The van der Waals surface area contributed by atoms with Crippen molar-refractivity contribution in [3.05, 3.63) is 21.7 Å². The second-order valence-corrected chi connectivity index (χ2v) is 4.42. The molecule has 0 radical (unpaired) electrons. The number of carbonyl (C=O) groups excluding carboxylic acids is 1. The summed E-state index contributed by atoms with van der Waals surface area (Å²) < 4.78 is 0. The van der Waals surface area contributed by atoms with Crippen LogP contribution in [0.5, 0.6) is 0 Å². The number of H-pyrrole nitrogens is 1. The highest BCUT2D eigenvalue weighted by Crippen LogP contribution is 2.19. The summed E-state index contributed by atoms with van der Waals surface area (Å²) in [6.07, 6.45) is 3.30. The van der Waals surface area contributed by atoms with Crippen LogP contribution in [-0.4, -0.2) is 28.0 Å². The van der Waals surface area contributed by atoms with Gasteiger partial charge in [-0.3, -0.25) is 9.59 Å². The molecule has 92 valence electrons. The van der Waals surface area contributed by atoms with Gasteiger partial charge >= 0.3 is 0 Å². The Bertz CT molecular complexity index is 483. The molecule has 1 atom stereocenters. The van der Waals surface area contributed by atoms with Gasteiger partial charge in [-0.05, 0) is 19.8 Å². The SMILES string of the molecule is CC(Nc1nc[nH]c(=O)c1Cl)C(=O)NC1CC1. The normalized spacial score (nSPS) is 16.4. The van der Waals surface area contributed by atoms with E-state index in [-0.39, 0.29) is 16.7 Å². The highest BCUT2D eigenvalue weighted by molar-refractivity contribution is 6.32. The fourth-order valence-corrected chi connectivity index (χ4v) is 1.47. The molecule has 0 bridgehead atoms. The molecule has 1 heterocycles. The maximum atomic E-state index is 11.7. The van der Waals surface area contributed by atoms with Crippen LogP contribution >= 0.6 is 11.6 Å². The van der Waals surface area contributed by atoms with Gasteiger partial charge in [-0.2, -0.15) is 0 Å². The second kappa shape index (κ2) is 4.75. The molecule has 1 fully saturated rings. The summed E-state index contributed by atoms with van der Waals surface area (Å²) in [7, 11) is 0. The van der Waals surface area contributed by atoms with Gasteiger partial charge in [-0.25, -0.2) is 4.98 Å². The number of anilines is 1. The molecule has 17 heavy (non-hydrogen) atoms. The van der Waals surface area contributed by atoms with Crippen LogP contribution in [0.3, 0.4) is 0 Å². The van der Waals surface area contributed by atoms with Crippen LogP contribution < -0.4 is 16.2 Å². The first-order valence-corrected chi connectivity index (χ1v) is 5.76. The third kappa shape index (κ3) is 2.97. The molecule has 1 aromatic heterocycles. The van der Waals surface area contributed by atoms with Crippen LogP contribution in [0, 0.1) is 0 Å². The molecule has 1 unspecified atom stereocenters. The van der Waals surface area contributed by atoms with E-state index in [9.17, 15) is 9.59 Å². The maximum absolute atomic E-state index is 11.7. The number of nitrogens with one attached hydrogen (secondary N) is 3. The lowest BCUT2D eigenvalue weighted by Crippen LogP contribution is -2.39. The van der Waals surface area contributed by atoms with E-state index in [1.165, 1.54) is 6.33 Å². The Labute approximate surface area is 103 Å². The molecule has 7 heteroatoms. The molecular formula is C10H13ClN4O2. The van der Waals surface area contributed by atoms with Gasteiger partial charge in [-0.15, -0.1) is 0 Å². The van der Waals surface area contributed by atoms with Crippen molar-refractivity contribution in [2.45, 2.75) is 31.8 Å². The largest absolute Gasteiger partial charge is 0.357 e. The van der Waals surface area contributed by atoms with Crippen molar-refractivity contribution >= 4 is 23.3 Å². The predicted molar refractivity (Wildman–Crippen MR) is 64.1 cm³/mol. The Morgan fingerprint density at radius 3 is 3.00 bits per heavy atom. The highest BCUT2D eigenvalue weighted by Gasteiger charge is 2.26. The average molecular weight is 257 g/mol. The van der Waals surface area contributed by atoms with E-state index in [2.05, 4.69) is 20.6 Å². The van der Waals surface area contributed by atoms with Crippen LogP contribution in [0.15, 0.2) is 11.1 Å². The molecule has 0 aliphatic heterocycles. The average Bonchev–Trinajstić information content (AvgIpc) is 3.08. The Morgan fingerprint density at radius 2 is 2.35 bits per heavy atom. The molecule has 1 aliphatic carbocycles. The van der Waals surface area contributed by atoms with Crippen molar-refractivity contribution in [2.24, 2.45) is 0 Å². The number of nitrogens with zero attached hydrogens (tertiary/aromatic N) is 1. The number of aromatic amines is 1. The van der Waals surface area contributed by atoms with Gasteiger partial charge in [0.1, 0.15) is 11.1 Å². The lowest BCUT2D eigenvalue weighted by Gasteiger charge is -2.14. The Hall–Kier alpha value is -1.56. The Kier molecular flexibility index (Phi) is 3.33. The third-order valence-electron chi connectivity index (χ3n) is 2.47. The fraction of sp³-hybridized carbons (Fsp3) is 0.500. The Morgan fingerprint density at radius 1 is 1.65 bits per heavy atom. The van der Waals surface area contributed by atoms with Gasteiger partial charge in [0.2, 0.25) is 5.91 Å². The molecule has 1 aromatic rings. The zero-order valence-electron chi connectivity index (χ0n) is 9.29. The summed E-state index contributed by atoms with van der Waals surface area (Å²) in [6, 6.07) is -0.184. The van der Waals surface area contributed by atoms with E-state index < -0.39 is 11.6 Å². The fourth-order valence-electron chi connectivity index (χ4n) is 1.31. The van der Waals surface area contributed by atoms with Gasteiger partial charge in [-0.1, -0.05) is 11.6 Å². The summed E-state index contributed by atoms with van der Waals surface area (Å²) >= 11 is 5.76. The van der Waals surface area contributed by atoms with Crippen molar-refractivity contribution in [1.29, 1.82) is 0 Å². The molecule has 2 rings (SSSR count). The van der Waals surface area contributed by atoms with E-state index >= 15 is 0 Å². The van der Waals surface area contributed by atoms with Crippen molar-refractivity contribution in [3.63, 3.8) is 0 Å². The summed E-state index contributed by atoms with van der Waals surface area (Å²) in [5, 5.41) is 5.62. The lowest BCUT2D eigenvalue weighted by atomic mass is 10.3. The van der Waals surface area contributed by atoms with Crippen LogP contribution in [0.25, 0.3) is 0 Å². The van der Waals surface area contributed by atoms with Crippen molar-refractivity contribution in [2.75, 3.05) is 5.32 Å². The maximum Gasteiger partial charge on any atom is 0.271 e. The molecular weight excluding hydrogens is 244 g/mol. The number of carbonyl (C=O) groups is 1. The van der Waals surface area contributed by atoms with Crippen molar-refractivity contribution in [3.8, 4) is 0 Å². The number of amides is 1. The monoisotopic (exact) mass is 256 g/mol. The first-order valence-electron chi connectivity index (χ1n) is 5.38. The summed E-state index contributed by atoms with van der Waals surface area (Å²) in [4.78, 5) is 29.1. The number of hydrogen-bond donors (Lipinski definition) is 3. The zero-order chi connectivity index (χ0) is 12.4. The minimum atomic E-state index is -0.484. The standard InChI is InChI=1S/C10H13ClN4O2/c1-5(9(16)15-6-2-3-6)14-8-7(11)10(17)13-4-12-8/h4-6H,2-3H2,1H3,(H,15,16)(H2,12,13,14,17). The van der Waals surface area contributed by atoms with Crippen LogP contribution in [0.2, 0.25) is 5.02 Å². The van der Waals surface area contributed by atoms with E-state index in [0.717, 1.165) is 12.8 Å². The molecule has 0 spiro atoms. The predicted octanol–water partition coefficient (Wildman–Crippen LogP) is 0.502. The van der Waals surface area contributed by atoms with Gasteiger partial charge in [0.25, 0.3) is 5.56 Å². The minimum Gasteiger partial charge on any atom is -0.357 e.